The van der Waals surface area contributed by atoms with E-state index in [1.807, 2.05) is 30.9 Å². The number of nitrogens with one attached hydrogen (secondary N) is 1. The topological polar surface area (TPSA) is 140 Å². The minimum atomic E-state index is -3.24. The number of hydrogen-bond donors (Lipinski definition) is 3. The molecule has 0 saturated carbocycles. The van der Waals surface area contributed by atoms with Gasteiger partial charge in [0, 0.05) is 48.4 Å². The lowest BCUT2D eigenvalue weighted by Gasteiger charge is -2.42. The number of nitrogens with two attached hydrogens (primary N) is 1. The number of likely N-dealkylation sites (tertiary alicyclic amines) is 1. The number of aromatic carboxylic acids is 1. The molecule has 4 N–H and O–H groups in total. The number of carbonyl (C=O) groups is 2. The molecule has 1 spiro atoms. The van der Waals surface area contributed by atoms with Crippen LogP contribution in [-0.4, -0.2) is 88.2 Å². The van der Waals surface area contributed by atoms with Gasteiger partial charge in [-0.3, -0.25) is 9.69 Å². The SMILES string of the molecule is CCCN(CCC)C(=O)C(/C(F)=C/C[C@H](C)CS(=N)(N)=O)N1CCC[C@H]1CN1C[C@@]2(CCCc3cc(Cl)ccc32)COc2ccc(C(=O)O)cc21. The summed E-state index contributed by atoms with van der Waals surface area (Å²) in [4.78, 5) is 32.4. The normalized spacial score (nSPS) is 23.1. The summed E-state index contributed by atoms with van der Waals surface area (Å²) < 4.78 is 42.7. The largest absolute Gasteiger partial charge is 0.490 e. The number of carboxylic acid groups (broad SMARTS) is 1. The lowest BCUT2D eigenvalue weighted by Crippen LogP contribution is -2.54. The van der Waals surface area contributed by atoms with E-state index in [1.54, 1.807) is 30.0 Å². The molecule has 1 saturated heterocycles. The molecule has 10 nitrogen and oxygen atoms in total. The number of rotatable bonds is 14. The van der Waals surface area contributed by atoms with Crippen molar-refractivity contribution in [3.05, 3.63) is 70.0 Å². The van der Waals surface area contributed by atoms with Crippen molar-refractivity contribution < 1.29 is 28.0 Å². The van der Waals surface area contributed by atoms with E-state index in [2.05, 4.69) is 11.0 Å². The summed E-state index contributed by atoms with van der Waals surface area (Å²) >= 11 is 6.43. The average Bonchev–Trinajstić information content (AvgIpc) is 3.46. The molecule has 0 aromatic heterocycles. The van der Waals surface area contributed by atoms with Gasteiger partial charge in [-0.15, -0.1) is 0 Å². The maximum atomic E-state index is 16.6. The van der Waals surface area contributed by atoms with Crippen LogP contribution >= 0.6 is 11.6 Å². The minimum absolute atomic E-state index is 0.0641. The van der Waals surface area contributed by atoms with E-state index in [0.29, 0.717) is 55.8 Å². The van der Waals surface area contributed by atoms with Crippen LogP contribution in [0.5, 0.6) is 5.75 Å². The third-order valence-electron chi connectivity index (χ3n) is 10.5. The Morgan fingerprint density at radius 1 is 1.22 bits per heavy atom. The molecule has 1 amide bonds. The molecule has 51 heavy (non-hydrogen) atoms. The second-order valence-corrected chi connectivity index (χ2v) is 16.9. The first kappa shape index (κ1) is 39.0. The second kappa shape index (κ2) is 16.7. The number of allylic oxidation sites excluding steroid dienone is 1. The van der Waals surface area contributed by atoms with Crippen molar-refractivity contribution in [3.63, 3.8) is 0 Å². The van der Waals surface area contributed by atoms with Crippen LogP contribution in [0, 0.1) is 10.7 Å². The van der Waals surface area contributed by atoms with Crippen molar-refractivity contribution in [1.82, 2.24) is 9.80 Å². The molecule has 280 valence electrons. The van der Waals surface area contributed by atoms with Gasteiger partial charge in [0.15, 0.2) is 0 Å². The van der Waals surface area contributed by atoms with Gasteiger partial charge >= 0.3 is 5.97 Å². The quantitative estimate of drug-likeness (QED) is 0.193. The van der Waals surface area contributed by atoms with E-state index in [-0.39, 0.29) is 41.0 Å². The third-order valence-corrected chi connectivity index (χ3v) is 11.8. The Bertz CT molecular complexity index is 1720. The van der Waals surface area contributed by atoms with Crippen LogP contribution in [0.4, 0.5) is 10.1 Å². The number of aryl methyl sites for hydroxylation is 1. The fourth-order valence-corrected chi connectivity index (χ4v) is 9.45. The number of amides is 1. The van der Waals surface area contributed by atoms with E-state index < -0.39 is 27.8 Å². The maximum Gasteiger partial charge on any atom is 0.335 e. The molecule has 2 aromatic carbocycles. The van der Waals surface area contributed by atoms with Gasteiger partial charge in [-0.25, -0.2) is 23.3 Å². The molecule has 1 aliphatic carbocycles. The summed E-state index contributed by atoms with van der Waals surface area (Å²) in [7, 11) is -3.24. The van der Waals surface area contributed by atoms with Gasteiger partial charge in [-0.1, -0.05) is 44.5 Å². The Kier molecular flexibility index (Phi) is 12.7. The highest BCUT2D eigenvalue weighted by atomic mass is 35.5. The number of nitrogens with zero attached hydrogens (tertiary/aromatic N) is 3. The zero-order valence-electron chi connectivity index (χ0n) is 30.0. The van der Waals surface area contributed by atoms with E-state index in [0.717, 1.165) is 44.9 Å². The zero-order chi connectivity index (χ0) is 36.9. The molecule has 5 atom stereocenters. The highest BCUT2D eigenvalue weighted by Gasteiger charge is 2.45. The van der Waals surface area contributed by atoms with Gasteiger partial charge in [-0.2, -0.15) is 0 Å². The predicted octanol–water partition coefficient (Wildman–Crippen LogP) is 6.79. The standard InChI is InChI=1S/C38H53ClFN5O5S/c1-4-17-43(18-5-2)36(46)35(32(40)14-10-26(3)23-51(41,42)49)45-19-7-9-30(45)22-44-24-38(16-6-8-27-20-29(39)12-13-31(27)38)25-50-34-15-11-28(37(47)48)21-33(34)44/h11-15,20-21,26,30,35H,4-10,16-19,22-25H2,1-3H3,(H,47,48)(H3,41,42,49)/b32-14-/t26-,30-,35?,38-/m0/s1. The lowest BCUT2D eigenvalue weighted by atomic mass is 9.70. The van der Waals surface area contributed by atoms with E-state index in [4.69, 9.17) is 26.3 Å². The van der Waals surface area contributed by atoms with Gasteiger partial charge in [0.25, 0.3) is 0 Å². The van der Waals surface area contributed by atoms with Crippen molar-refractivity contribution in [2.24, 2.45) is 11.1 Å². The van der Waals surface area contributed by atoms with Crippen LogP contribution in [0.25, 0.3) is 0 Å². The first-order valence-electron chi connectivity index (χ1n) is 18.2. The second-order valence-electron chi connectivity index (χ2n) is 14.7. The smallest absolute Gasteiger partial charge is 0.335 e. The average molecular weight is 746 g/mol. The maximum absolute atomic E-state index is 16.6. The Hall–Kier alpha value is -3.19. The third kappa shape index (κ3) is 9.25. The molecule has 2 aliphatic heterocycles. The number of hydrogen-bond acceptors (Lipinski definition) is 7. The summed E-state index contributed by atoms with van der Waals surface area (Å²) in [5.74, 6) is -1.64. The highest BCUT2D eigenvalue weighted by Crippen LogP contribution is 2.45. The Balaban J connectivity index is 1.53. The van der Waals surface area contributed by atoms with Crippen LogP contribution in [0.3, 0.4) is 0 Å². The monoisotopic (exact) mass is 745 g/mol. The molecule has 13 heteroatoms. The van der Waals surface area contributed by atoms with Crippen LogP contribution in [0.2, 0.25) is 5.02 Å². The van der Waals surface area contributed by atoms with Crippen LogP contribution in [-0.2, 0) is 26.5 Å². The van der Waals surface area contributed by atoms with E-state index in [1.165, 1.54) is 17.2 Å². The van der Waals surface area contributed by atoms with Gasteiger partial charge in [0.05, 0.1) is 17.9 Å². The van der Waals surface area contributed by atoms with Crippen molar-refractivity contribution in [1.29, 1.82) is 4.78 Å². The number of fused-ring (bicyclic) bond motifs is 3. The molecule has 0 bridgehead atoms. The van der Waals surface area contributed by atoms with Crippen molar-refractivity contribution in [3.8, 4) is 5.75 Å². The molecule has 1 fully saturated rings. The molecule has 5 rings (SSSR count). The summed E-state index contributed by atoms with van der Waals surface area (Å²) in [5.41, 5.74) is 2.80. The van der Waals surface area contributed by atoms with Crippen molar-refractivity contribution in [2.75, 3.05) is 50.0 Å². The van der Waals surface area contributed by atoms with Crippen LogP contribution in [0.15, 0.2) is 48.3 Å². The first-order valence-corrected chi connectivity index (χ1v) is 20.4. The van der Waals surface area contributed by atoms with Crippen molar-refractivity contribution >= 4 is 39.1 Å². The number of ether oxygens (including phenoxy) is 1. The van der Waals surface area contributed by atoms with Gasteiger partial charge in [-0.05, 0) is 105 Å². The molecule has 3 aliphatic rings. The Morgan fingerprint density at radius 2 is 1.96 bits per heavy atom. The summed E-state index contributed by atoms with van der Waals surface area (Å²) in [6.07, 6.45) is 7.33. The molecule has 2 aromatic rings. The highest BCUT2D eigenvalue weighted by molar-refractivity contribution is 7.90. The van der Waals surface area contributed by atoms with Gasteiger partial charge in [0.1, 0.15) is 27.5 Å². The molecule has 0 radical (unpaired) electrons. The minimum Gasteiger partial charge on any atom is -0.490 e. The lowest BCUT2D eigenvalue weighted by molar-refractivity contribution is -0.136. The zero-order valence-corrected chi connectivity index (χ0v) is 31.6. The number of benzene rings is 2. The van der Waals surface area contributed by atoms with Crippen LogP contribution in [0.1, 0.15) is 87.2 Å². The van der Waals surface area contributed by atoms with E-state index >= 15 is 4.39 Å². The summed E-state index contributed by atoms with van der Waals surface area (Å²) in [6, 6.07) is 9.63. The predicted molar refractivity (Wildman–Crippen MR) is 201 cm³/mol. The van der Waals surface area contributed by atoms with Gasteiger partial charge in [0.2, 0.25) is 5.91 Å². The number of carbonyl (C=O) groups excluding carboxylic acids is 1. The van der Waals surface area contributed by atoms with Crippen molar-refractivity contribution in [2.45, 2.75) is 89.6 Å². The Morgan fingerprint density at radius 3 is 2.65 bits per heavy atom. The van der Waals surface area contributed by atoms with E-state index in [9.17, 15) is 18.9 Å². The Labute approximate surface area is 307 Å². The van der Waals surface area contributed by atoms with Crippen LogP contribution < -0.4 is 14.8 Å². The van der Waals surface area contributed by atoms with Gasteiger partial charge < -0.3 is 19.6 Å². The fourth-order valence-electron chi connectivity index (χ4n) is 8.27. The molecule has 2 unspecified atom stereocenters. The number of anilines is 1. The summed E-state index contributed by atoms with van der Waals surface area (Å²) in [6.45, 7) is 8.73. The molecule has 2 heterocycles. The first-order chi connectivity index (χ1) is 24.2. The number of carboxylic acids is 1. The number of halogens is 2. The summed E-state index contributed by atoms with van der Waals surface area (Å²) in [5, 5.41) is 16.1. The fraction of sp³-hybridized carbons (Fsp3) is 0.579. The molecular formula is C38H53ClFN5O5S. The molecular weight excluding hydrogens is 693 g/mol.